The van der Waals surface area contributed by atoms with Gasteiger partial charge in [0.1, 0.15) is 0 Å². The summed E-state index contributed by atoms with van der Waals surface area (Å²) in [6.07, 6.45) is 1.38. The fourth-order valence-electron chi connectivity index (χ4n) is 0.811. The molecule has 0 saturated heterocycles. The Morgan fingerprint density at radius 1 is 1.57 bits per heavy atom. The molecule has 0 bridgehead atoms. The van der Waals surface area contributed by atoms with Gasteiger partial charge in [0.25, 0.3) is 5.56 Å². The number of anilines is 1. The monoisotopic (exact) mass is 218 g/mol. The van der Waals surface area contributed by atoms with Gasteiger partial charge in [-0.3, -0.25) is 4.79 Å². The molecular weight excluding hydrogens is 208 g/mol. The average molecular weight is 218 g/mol. The number of nitrogens with two attached hydrogens (primary N) is 1. The molecule has 0 atom stereocenters. The molecule has 0 radical (unpaired) electrons. The van der Waals surface area contributed by atoms with Gasteiger partial charge in [0, 0.05) is 12.6 Å². The van der Waals surface area contributed by atoms with Crippen molar-refractivity contribution in [3.63, 3.8) is 0 Å². The standard InChI is InChI=1S/C6H10N4O3S/c7-14(12,13)2-1-8-5-3-6(11)10-9-4-5/h3-4H,1-2H2,(H2,7,12,13)(H2,8,10,11). The lowest BCUT2D eigenvalue weighted by atomic mass is 10.4. The predicted molar refractivity (Wildman–Crippen MR) is 51.3 cm³/mol. The highest BCUT2D eigenvalue weighted by molar-refractivity contribution is 7.89. The van der Waals surface area contributed by atoms with Gasteiger partial charge in [-0.2, -0.15) is 5.10 Å². The van der Waals surface area contributed by atoms with Gasteiger partial charge in [-0.25, -0.2) is 18.7 Å². The third-order valence-electron chi connectivity index (χ3n) is 1.38. The van der Waals surface area contributed by atoms with Crippen molar-refractivity contribution in [1.82, 2.24) is 10.2 Å². The summed E-state index contributed by atoms with van der Waals surface area (Å²) >= 11 is 0. The fourth-order valence-corrected chi connectivity index (χ4v) is 1.20. The minimum atomic E-state index is -3.47. The van der Waals surface area contributed by atoms with Crippen LogP contribution in [0.5, 0.6) is 0 Å². The van der Waals surface area contributed by atoms with Crippen molar-refractivity contribution in [2.24, 2.45) is 5.14 Å². The lowest BCUT2D eigenvalue weighted by Gasteiger charge is -2.02. The van der Waals surface area contributed by atoms with Gasteiger partial charge in [0.2, 0.25) is 10.0 Å². The molecule has 1 aromatic heterocycles. The highest BCUT2D eigenvalue weighted by Gasteiger charge is 2.01. The summed E-state index contributed by atoms with van der Waals surface area (Å²) in [6, 6.07) is 1.27. The molecule has 0 aliphatic carbocycles. The van der Waals surface area contributed by atoms with Crippen LogP contribution >= 0.6 is 0 Å². The van der Waals surface area contributed by atoms with Crippen LogP contribution in [0.2, 0.25) is 0 Å². The number of nitrogens with one attached hydrogen (secondary N) is 2. The Morgan fingerprint density at radius 3 is 2.86 bits per heavy atom. The summed E-state index contributed by atoms with van der Waals surface area (Å²) < 4.78 is 21.1. The Kier molecular flexibility index (Phi) is 3.20. The first-order chi connectivity index (χ1) is 6.47. The van der Waals surface area contributed by atoms with Crippen molar-refractivity contribution >= 4 is 15.7 Å². The summed E-state index contributed by atoms with van der Waals surface area (Å²) in [5, 5.41) is 13.2. The van der Waals surface area contributed by atoms with Crippen LogP contribution < -0.4 is 16.0 Å². The van der Waals surface area contributed by atoms with E-state index < -0.39 is 10.0 Å². The maximum absolute atomic E-state index is 10.7. The maximum atomic E-state index is 10.7. The van der Waals surface area contributed by atoms with Gasteiger partial charge in [-0.05, 0) is 0 Å². The number of sulfonamides is 1. The lowest BCUT2D eigenvalue weighted by molar-refractivity contribution is 0.598. The first-order valence-corrected chi connectivity index (χ1v) is 5.48. The van der Waals surface area contributed by atoms with E-state index in [4.69, 9.17) is 5.14 Å². The SMILES string of the molecule is NS(=O)(=O)CCNc1cn[nH]c(=O)c1. The van der Waals surface area contributed by atoms with Gasteiger partial charge in [0.15, 0.2) is 0 Å². The topological polar surface area (TPSA) is 118 Å². The first-order valence-electron chi connectivity index (χ1n) is 3.76. The van der Waals surface area contributed by atoms with Crippen LogP contribution in [0.3, 0.4) is 0 Å². The second-order valence-corrected chi connectivity index (χ2v) is 4.36. The second-order valence-electron chi connectivity index (χ2n) is 2.63. The number of rotatable bonds is 4. The van der Waals surface area contributed by atoms with Gasteiger partial charge in [-0.15, -0.1) is 0 Å². The normalized spacial score (nSPS) is 11.2. The van der Waals surface area contributed by atoms with E-state index >= 15 is 0 Å². The van der Waals surface area contributed by atoms with Crippen molar-refractivity contribution in [2.75, 3.05) is 17.6 Å². The highest BCUT2D eigenvalue weighted by Crippen LogP contribution is 1.97. The summed E-state index contributed by atoms with van der Waals surface area (Å²) in [5.74, 6) is -0.195. The molecule has 1 rings (SSSR count). The van der Waals surface area contributed by atoms with Crippen LogP contribution in [0, 0.1) is 0 Å². The van der Waals surface area contributed by atoms with Crippen LogP contribution in [0.15, 0.2) is 17.1 Å². The molecule has 0 saturated carbocycles. The van der Waals surface area contributed by atoms with E-state index in [1.54, 1.807) is 0 Å². The van der Waals surface area contributed by atoms with E-state index in [9.17, 15) is 13.2 Å². The number of hydrogen-bond acceptors (Lipinski definition) is 5. The molecule has 1 aromatic rings. The minimum absolute atomic E-state index is 0.143. The third kappa shape index (κ3) is 4.01. The van der Waals surface area contributed by atoms with E-state index in [1.807, 2.05) is 0 Å². The van der Waals surface area contributed by atoms with E-state index in [1.165, 1.54) is 12.3 Å². The Morgan fingerprint density at radius 2 is 2.29 bits per heavy atom. The Bertz CT molecular complexity index is 452. The van der Waals surface area contributed by atoms with Gasteiger partial charge < -0.3 is 5.32 Å². The average Bonchev–Trinajstić information content (AvgIpc) is 2.01. The lowest BCUT2D eigenvalue weighted by Crippen LogP contribution is -2.22. The maximum Gasteiger partial charge on any atom is 0.266 e. The quantitative estimate of drug-likeness (QED) is 0.566. The molecule has 1 heterocycles. The minimum Gasteiger partial charge on any atom is -0.383 e. The van der Waals surface area contributed by atoms with Gasteiger partial charge in [0.05, 0.1) is 17.6 Å². The molecule has 0 amide bonds. The summed E-state index contributed by atoms with van der Waals surface area (Å²) in [4.78, 5) is 10.7. The van der Waals surface area contributed by atoms with Crippen molar-refractivity contribution in [1.29, 1.82) is 0 Å². The summed E-state index contributed by atoms with van der Waals surface area (Å²) in [6.45, 7) is 0.143. The first kappa shape index (κ1) is 10.7. The summed E-state index contributed by atoms with van der Waals surface area (Å²) in [7, 11) is -3.47. The zero-order chi connectivity index (χ0) is 10.6. The van der Waals surface area contributed by atoms with Gasteiger partial charge >= 0.3 is 0 Å². The van der Waals surface area contributed by atoms with Crippen LogP contribution in [-0.2, 0) is 10.0 Å². The van der Waals surface area contributed by atoms with E-state index in [0.717, 1.165) is 0 Å². The third-order valence-corrected chi connectivity index (χ3v) is 2.15. The largest absolute Gasteiger partial charge is 0.383 e. The number of aromatic nitrogens is 2. The van der Waals surface area contributed by atoms with Crippen molar-refractivity contribution in [2.45, 2.75) is 0 Å². The van der Waals surface area contributed by atoms with Crippen LogP contribution in [0.1, 0.15) is 0 Å². The van der Waals surface area contributed by atoms with E-state index in [-0.39, 0.29) is 17.9 Å². The number of aromatic amines is 1. The molecule has 14 heavy (non-hydrogen) atoms. The van der Waals surface area contributed by atoms with Crippen LogP contribution in [0.4, 0.5) is 5.69 Å². The van der Waals surface area contributed by atoms with E-state index in [0.29, 0.717) is 5.69 Å². The van der Waals surface area contributed by atoms with Crippen molar-refractivity contribution in [3.05, 3.63) is 22.6 Å². The molecule has 0 aliphatic rings. The van der Waals surface area contributed by atoms with Crippen molar-refractivity contribution in [3.8, 4) is 0 Å². The highest BCUT2D eigenvalue weighted by atomic mass is 32.2. The van der Waals surface area contributed by atoms with Crippen LogP contribution in [-0.4, -0.2) is 30.9 Å². The number of nitrogens with zero attached hydrogens (tertiary/aromatic N) is 1. The Labute approximate surface area is 80.4 Å². The number of H-pyrrole nitrogens is 1. The van der Waals surface area contributed by atoms with Gasteiger partial charge in [-0.1, -0.05) is 0 Å². The zero-order valence-electron chi connectivity index (χ0n) is 7.23. The van der Waals surface area contributed by atoms with Crippen LogP contribution in [0.25, 0.3) is 0 Å². The zero-order valence-corrected chi connectivity index (χ0v) is 8.04. The smallest absolute Gasteiger partial charge is 0.266 e. The molecule has 78 valence electrons. The summed E-state index contributed by atoms with van der Waals surface area (Å²) in [5.41, 5.74) is 0.100. The molecule has 0 spiro atoms. The molecule has 7 nitrogen and oxygen atoms in total. The van der Waals surface area contributed by atoms with E-state index in [2.05, 4.69) is 15.5 Å². The number of primary sulfonamides is 1. The molecule has 8 heteroatoms. The molecular formula is C6H10N4O3S. The Hall–Kier alpha value is -1.41. The predicted octanol–water partition coefficient (Wildman–Crippen LogP) is -1.53. The molecule has 0 aromatic carbocycles. The number of hydrogen-bond donors (Lipinski definition) is 3. The fraction of sp³-hybridized carbons (Fsp3) is 0.333. The Balaban J connectivity index is 2.51. The van der Waals surface area contributed by atoms with Crippen molar-refractivity contribution < 1.29 is 8.42 Å². The second kappa shape index (κ2) is 4.20. The molecule has 0 aliphatic heterocycles. The molecule has 4 N–H and O–H groups in total. The molecule has 0 fully saturated rings. The molecule has 0 unspecified atom stereocenters.